The highest BCUT2D eigenvalue weighted by atomic mass is 31.1. The van der Waals surface area contributed by atoms with Crippen molar-refractivity contribution in [3.05, 3.63) is 12.2 Å². The molecule has 0 aliphatic rings. The van der Waals surface area contributed by atoms with Crippen molar-refractivity contribution in [3.63, 3.8) is 0 Å². The number of hydrogen-bond acceptors (Lipinski definition) is 2. The van der Waals surface area contributed by atoms with Gasteiger partial charge in [-0.25, -0.2) is 0 Å². The maximum atomic E-state index is 11.4. The van der Waals surface area contributed by atoms with Crippen molar-refractivity contribution in [2.75, 3.05) is 21.1 Å². The molecule has 0 aliphatic carbocycles. The van der Waals surface area contributed by atoms with Crippen LogP contribution in [0.5, 0.6) is 0 Å². The van der Waals surface area contributed by atoms with Gasteiger partial charge in [-0.05, 0) is 19.3 Å². The van der Waals surface area contributed by atoms with Crippen molar-refractivity contribution in [1.82, 2.24) is 0 Å². The van der Waals surface area contributed by atoms with Crippen molar-refractivity contribution in [1.29, 1.82) is 0 Å². The van der Waals surface area contributed by atoms with E-state index in [1.54, 1.807) is 0 Å². The molecule has 2 unspecified atom stereocenters. The van der Waals surface area contributed by atoms with Gasteiger partial charge in [0.15, 0.2) is 0 Å². The average Bonchev–Trinajstić information content (AvgIpc) is 2.75. The maximum absolute atomic E-state index is 11.4. The molecule has 0 amide bonds. The van der Waals surface area contributed by atoms with Crippen LogP contribution in [-0.4, -0.2) is 31.4 Å². The fourth-order valence-corrected chi connectivity index (χ4v) is 5.52. The Bertz CT molecular complexity index is 459. The first-order chi connectivity index (χ1) is 15.9. The van der Waals surface area contributed by atoms with Crippen molar-refractivity contribution >= 4 is 8.03 Å². The average molecular weight is 485 g/mol. The van der Waals surface area contributed by atoms with Gasteiger partial charge in [0, 0.05) is 0 Å². The molecule has 33 heavy (non-hydrogen) atoms. The monoisotopic (exact) mass is 484 g/mol. The number of hydrogen-bond donors (Lipinski definition) is 0. The van der Waals surface area contributed by atoms with E-state index in [0.29, 0.717) is 4.48 Å². The molecule has 0 aromatic carbocycles. The van der Waals surface area contributed by atoms with Gasteiger partial charge in [-0.1, -0.05) is 139 Å². The predicted molar refractivity (Wildman–Crippen MR) is 146 cm³/mol. The first-order valence-corrected chi connectivity index (χ1v) is 15.7. The molecule has 0 heterocycles. The molecule has 0 aromatic heterocycles. The largest absolute Gasteiger partial charge is 0.591 e. The topological polar surface area (TPSA) is 40.1 Å². The van der Waals surface area contributed by atoms with Crippen LogP contribution in [0.25, 0.3) is 0 Å². The van der Waals surface area contributed by atoms with Crippen molar-refractivity contribution in [3.8, 4) is 0 Å². The smallest absolute Gasteiger partial charge is 0.373 e. The van der Waals surface area contributed by atoms with Gasteiger partial charge in [0.05, 0.1) is 27.6 Å². The van der Waals surface area contributed by atoms with Crippen LogP contribution >= 0.6 is 8.03 Å². The summed E-state index contributed by atoms with van der Waals surface area (Å²) in [6, 6.07) is 0. The first kappa shape index (κ1) is 32.8. The van der Waals surface area contributed by atoms with Crippen LogP contribution in [0.2, 0.25) is 0 Å². The van der Waals surface area contributed by atoms with Crippen LogP contribution in [0.4, 0.5) is 0 Å². The minimum atomic E-state index is -2.36. The Balaban J connectivity index is 3.28. The van der Waals surface area contributed by atoms with Gasteiger partial charge < -0.3 is 4.89 Å². The van der Waals surface area contributed by atoms with E-state index < -0.39 is 8.03 Å². The molecular weight excluding hydrogens is 425 g/mol. The zero-order valence-electron chi connectivity index (χ0n) is 23.0. The van der Waals surface area contributed by atoms with E-state index in [1.165, 1.54) is 122 Å². The molecule has 0 N–H and O–H groups in total. The maximum Gasteiger partial charge on any atom is 0.373 e. The minimum Gasteiger partial charge on any atom is -0.591 e. The lowest BCUT2D eigenvalue weighted by atomic mass is 10.0. The molecule has 3 nitrogen and oxygen atoms in total. The summed E-state index contributed by atoms with van der Waals surface area (Å²) in [4.78, 5) is 11.4. The molecule has 0 bridgehead atoms. The van der Waals surface area contributed by atoms with Crippen LogP contribution in [0.15, 0.2) is 12.2 Å². The minimum absolute atomic E-state index is 0.278. The molecule has 0 fully saturated rings. The second-order valence-corrected chi connectivity index (χ2v) is 12.3. The third-order valence-corrected chi connectivity index (χ3v) is 8.31. The summed E-state index contributed by atoms with van der Waals surface area (Å²) in [5.74, 6) is -0.278. The molecule has 0 aliphatic heterocycles. The van der Waals surface area contributed by atoms with Crippen LogP contribution in [-0.2, 0) is 4.57 Å². The number of nitrogens with zero attached hydrogens (tertiary/aromatic N) is 1. The predicted octanol–water partition coefficient (Wildman–Crippen LogP) is 9.28. The molecular formula is C29H59NO2P+. The number of quaternary nitrogens is 1. The highest BCUT2D eigenvalue weighted by Crippen LogP contribution is 2.28. The van der Waals surface area contributed by atoms with Crippen LogP contribution < -0.4 is 4.89 Å². The molecule has 0 radical (unpaired) electrons. The molecule has 0 saturated carbocycles. The SMILES string of the molecule is CCCCCCCCCCCCCCCCCCCCC/C=C\CCC([P+](=O)[O-])[N+](C)(C)C. The molecule has 2 atom stereocenters. The quantitative estimate of drug-likeness (QED) is 0.0560. The van der Waals surface area contributed by atoms with E-state index in [1.807, 2.05) is 21.1 Å². The third kappa shape index (κ3) is 23.3. The van der Waals surface area contributed by atoms with Gasteiger partial charge in [-0.2, -0.15) is 0 Å². The Kier molecular flexibility index (Phi) is 23.3. The molecule has 0 aromatic rings. The molecule has 0 rings (SSSR count). The van der Waals surface area contributed by atoms with Gasteiger partial charge in [0.1, 0.15) is 0 Å². The molecule has 4 heteroatoms. The summed E-state index contributed by atoms with van der Waals surface area (Å²) >= 11 is 0. The van der Waals surface area contributed by atoms with E-state index >= 15 is 0 Å². The van der Waals surface area contributed by atoms with Gasteiger partial charge in [-0.15, -0.1) is 0 Å². The van der Waals surface area contributed by atoms with Crippen molar-refractivity contribution in [2.24, 2.45) is 0 Å². The second kappa shape index (κ2) is 23.5. The van der Waals surface area contributed by atoms with Crippen LogP contribution in [0, 0.1) is 0 Å². The lowest BCUT2D eigenvalue weighted by molar-refractivity contribution is -0.883. The Morgan fingerprint density at radius 2 is 0.939 bits per heavy atom. The Hall–Kier alpha value is -0.240. The Morgan fingerprint density at radius 3 is 1.27 bits per heavy atom. The summed E-state index contributed by atoms with van der Waals surface area (Å²) < 4.78 is 11.9. The summed E-state index contributed by atoms with van der Waals surface area (Å²) in [5.41, 5.74) is 0. The van der Waals surface area contributed by atoms with Crippen molar-refractivity contribution in [2.45, 2.75) is 154 Å². The van der Waals surface area contributed by atoms with Gasteiger partial charge in [-0.3, -0.25) is 4.48 Å². The first-order valence-electron chi connectivity index (χ1n) is 14.5. The van der Waals surface area contributed by atoms with Crippen LogP contribution in [0.3, 0.4) is 0 Å². The Morgan fingerprint density at radius 1 is 0.606 bits per heavy atom. The molecule has 196 valence electrons. The summed E-state index contributed by atoms with van der Waals surface area (Å²) in [7, 11) is 3.51. The number of allylic oxidation sites excluding steroid dienone is 2. The lowest BCUT2D eigenvalue weighted by Crippen LogP contribution is -2.44. The third-order valence-electron chi connectivity index (χ3n) is 6.87. The van der Waals surface area contributed by atoms with E-state index in [0.717, 1.165) is 19.3 Å². The van der Waals surface area contributed by atoms with E-state index in [4.69, 9.17) is 0 Å². The molecule has 0 saturated heterocycles. The standard InChI is InChI=1S/C29H59NO2P/c1-5-6-7-8-9-10-11-12-13-14-15-16-17-18-19-20-21-22-23-24-25-26-27-28-29(33(31)32)30(2,3)4/h25-26,29H,5-24,27-28H2,1-4H3/q+1/b26-25-. The normalized spacial score (nSPS) is 13.7. The van der Waals surface area contributed by atoms with E-state index in [9.17, 15) is 9.46 Å². The van der Waals surface area contributed by atoms with Crippen molar-refractivity contribution < 1.29 is 13.9 Å². The van der Waals surface area contributed by atoms with Crippen LogP contribution in [0.1, 0.15) is 148 Å². The lowest BCUT2D eigenvalue weighted by Gasteiger charge is -2.27. The van der Waals surface area contributed by atoms with Gasteiger partial charge in [0.25, 0.3) is 5.78 Å². The summed E-state index contributed by atoms with van der Waals surface area (Å²) in [6.07, 6.45) is 34.1. The second-order valence-electron chi connectivity index (χ2n) is 11.1. The summed E-state index contributed by atoms with van der Waals surface area (Å²) in [6.45, 7) is 2.29. The molecule has 0 spiro atoms. The van der Waals surface area contributed by atoms with E-state index in [-0.39, 0.29) is 5.78 Å². The fraction of sp³-hybridized carbons (Fsp3) is 0.931. The summed E-state index contributed by atoms with van der Waals surface area (Å²) in [5, 5.41) is 0. The number of rotatable bonds is 25. The zero-order valence-corrected chi connectivity index (χ0v) is 23.9. The highest BCUT2D eigenvalue weighted by Gasteiger charge is 2.34. The fourth-order valence-electron chi connectivity index (χ4n) is 4.60. The van der Waals surface area contributed by atoms with Gasteiger partial charge in [0.2, 0.25) is 0 Å². The van der Waals surface area contributed by atoms with E-state index in [2.05, 4.69) is 19.1 Å². The van der Waals surface area contributed by atoms with Gasteiger partial charge >= 0.3 is 8.03 Å². The number of unbranched alkanes of at least 4 members (excludes halogenated alkanes) is 19. The highest BCUT2D eigenvalue weighted by molar-refractivity contribution is 7.37. The Labute approximate surface area is 209 Å². The zero-order chi connectivity index (χ0) is 24.6.